The maximum Gasteiger partial charge on any atom is 0.253 e. The van der Waals surface area contributed by atoms with E-state index in [0.717, 1.165) is 42.1 Å². The molecule has 0 aliphatic carbocycles. The van der Waals surface area contributed by atoms with Crippen LogP contribution in [0.2, 0.25) is 0 Å². The van der Waals surface area contributed by atoms with Crippen LogP contribution in [0.25, 0.3) is 0 Å². The minimum Gasteiger partial charge on any atom is -0.496 e. The molecule has 1 heterocycles. The molecule has 0 unspecified atom stereocenters. The summed E-state index contributed by atoms with van der Waals surface area (Å²) in [5, 5.41) is 8.89. The number of nitrogens with zero attached hydrogens (tertiary/aromatic N) is 1. The van der Waals surface area contributed by atoms with Crippen molar-refractivity contribution >= 4 is 17.7 Å². The molecule has 0 aromatic heterocycles. The van der Waals surface area contributed by atoms with E-state index in [1.54, 1.807) is 18.9 Å². The highest BCUT2D eigenvalue weighted by Crippen LogP contribution is 2.34. The number of carbonyl (C=O) groups excluding carboxylic acids is 1. The van der Waals surface area contributed by atoms with Gasteiger partial charge in [-0.25, -0.2) is 0 Å². The Morgan fingerprint density at radius 2 is 1.85 bits per heavy atom. The molecule has 0 bridgehead atoms. The number of thioether (sulfide) groups is 1. The van der Waals surface area contributed by atoms with Crippen LogP contribution >= 0.6 is 11.8 Å². The van der Waals surface area contributed by atoms with Gasteiger partial charge in [-0.15, -0.1) is 11.8 Å². The van der Waals surface area contributed by atoms with Gasteiger partial charge in [0.05, 0.1) is 13.7 Å². The second-order valence-electron chi connectivity index (χ2n) is 6.40. The zero-order valence-corrected chi connectivity index (χ0v) is 15.9. The van der Waals surface area contributed by atoms with Crippen molar-refractivity contribution in [3.63, 3.8) is 0 Å². The van der Waals surface area contributed by atoms with Gasteiger partial charge in [-0.1, -0.05) is 18.2 Å². The van der Waals surface area contributed by atoms with Crippen LogP contribution in [0.4, 0.5) is 0 Å². The van der Waals surface area contributed by atoms with Crippen LogP contribution in [0.3, 0.4) is 0 Å². The molecule has 0 saturated carbocycles. The fourth-order valence-electron chi connectivity index (χ4n) is 3.44. The van der Waals surface area contributed by atoms with Crippen LogP contribution in [0.5, 0.6) is 5.75 Å². The van der Waals surface area contributed by atoms with Crippen LogP contribution in [-0.2, 0) is 0 Å². The van der Waals surface area contributed by atoms with Crippen molar-refractivity contribution in [1.29, 1.82) is 0 Å². The molecule has 5 heteroatoms. The highest BCUT2D eigenvalue weighted by atomic mass is 32.2. The van der Waals surface area contributed by atoms with Crippen LogP contribution < -0.4 is 4.74 Å². The number of carbonyl (C=O) groups is 1. The molecular weight excluding hydrogens is 346 g/mol. The molecule has 1 aliphatic heterocycles. The highest BCUT2D eigenvalue weighted by molar-refractivity contribution is 7.99. The van der Waals surface area contributed by atoms with E-state index in [-0.39, 0.29) is 12.5 Å². The van der Waals surface area contributed by atoms with Crippen molar-refractivity contribution in [2.45, 2.75) is 23.7 Å². The predicted molar refractivity (Wildman–Crippen MR) is 105 cm³/mol. The van der Waals surface area contributed by atoms with Crippen LogP contribution in [-0.4, -0.2) is 48.5 Å². The molecule has 1 amide bonds. The lowest BCUT2D eigenvalue weighted by Gasteiger charge is -2.32. The van der Waals surface area contributed by atoms with Gasteiger partial charge in [-0.2, -0.15) is 0 Å². The number of amides is 1. The number of methoxy groups -OCH3 is 1. The first kappa shape index (κ1) is 18.8. The highest BCUT2D eigenvalue weighted by Gasteiger charge is 2.26. The van der Waals surface area contributed by atoms with Gasteiger partial charge in [0.2, 0.25) is 0 Å². The van der Waals surface area contributed by atoms with E-state index in [2.05, 4.69) is 6.07 Å². The normalized spacial score (nSPS) is 15.1. The van der Waals surface area contributed by atoms with Crippen molar-refractivity contribution in [2.24, 2.45) is 0 Å². The lowest BCUT2D eigenvalue weighted by atomic mass is 9.88. The van der Waals surface area contributed by atoms with Gasteiger partial charge >= 0.3 is 0 Å². The summed E-state index contributed by atoms with van der Waals surface area (Å²) >= 11 is 1.59. The van der Waals surface area contributed by atoms with Crippen LogP contribution in [0, 0.1) is 0 Å². The zero-order valence-electron chi connectivity index (χ0n) is 15.1. The van der Waals surface area contributed by atoms with Crippen LogP contribution in [0.15, 0.2) is 53.4 Å². The van der Waals surface area contributed by atoms with E-state index in [1.807, 2.05) is 47.4 Å². The van der Waals surface area contributed by atoms with Crippen molar-refractivity contribution < 1.29 is 14.6 Å². The van der Waals surface area contributed by atoms with E-state index in [1.165, 1.54) is 5.56 Å². The SMILES string of the molecule is COc1ccccc1C1CCN(C(=O)c2ccc(SCCO)cc2)CC1. The van der Waals surface area contributed by atoms with E-state index >= 15 is 0 Å². The molecule has 0 spiro atoms. The summed E-state index contributed by atoms with van der Waals surface area (Å²) in [6, 6.07) is 15.8. The monoisotopic (exact) mass is 371 g/mol. The molecule has 26 heavy (non-hydrogen) atoms. The van der Waals surface area contributed by atoms with Gasteiger partial charge in [0.25, 0.3) is 5.91 Å². The van der Waals surface area contributed by atoms with Gasteiger partial charge in [0, 0.05) is 29.3 Å². The van der Waals surface area contributed by atoms with Gasteiger partial charge in [0.1, 0.15) is 5.75 Å². The van der Waals surface area contributed by atoms with Crippen LogP contribution in [0.1, 0.15) is 34.7 Å². The molecule has 4 nitrogen and oxygen atoms in total. The molecule has 0 atom stereocenters. The number of piperidine rings is 1. The molecule has 2 aromatic rings. The lowest BCUT2D eigenvalue weighted by molar-refractivity contribution is 0.0712. The Morgan fingerprint density at radius 1 is 1.15 bits per heavy atom. The van der Waals surface area contributed by atoms with Gasteiger partial charge in [-0.3, -0.25) is 4.79 Å². The Hall–Kier alpha value is -1.98. The second kappa shape index (κ2) is 9.10. The van der Waals surface area contributed by atoms with Crippen molar-refractivity contribution in [3.8, 4) is 5.75 Å². The first-order valence-corrected chi connectivity index (χ1v) is 9.97. The number of ether oxygens (including phenoxy) is 1. The van der Waals surface area contributed by atoms with Gasteiger partial charge in [-0.05, 0) is 54.7 Å². The zero-order chi connectivity index (χ0) is 18.4. The number of benzene rings is 2. The molecule has 1 N–H and O–H groups in total. The minimum absolute atomic E-state index is 0.0992. The third-order valence-electron chi connectivity index (χ3n) is 4.82. The Morgan fingerprint density at radius 3 is 2.50 bits per heavy atom. The molecule has 1 saturated heterocycles. The fraction of sp³-hybridized carbons (Fsp3) is 0.381. The Kier molecular flexibility index (Phi) is 6.58. The topological polar surface area (TPSA) is 49.8 Å². The van der Waals surface area contributed by atoms with Gasteiger partial charge in [0.15, 0.2) is 0 Å². The average molecular weight is 372 g/mol. The average Bonchev–Trinajstić information content (AvgIpc) is 2.72. The molecule has 0 radical (unpaired) electrons. The lowest BCUT2D eigenvalue weighted by Crippen LogP contribution is -2.37. The summed E-state index contributed by atoms with van der Waals surface area (Å²) < 4.78 is 5.48. The molecule has 1 fully saturated rings. The molecular formula is C21H25NO3S. The van der Waals surface area contributed by atoms with E-state index in [0.29, 0.717) is 11.7 Å². The number of aliphatic hydroxyl groups excluding tert-OH is 1. The predicted octanol–water partition coefficient (Wildman–Crippen LogP) is 3.80. The first-order chi connectivity index (χ1) is 12.7. The minimum atomic E-state index is 0.0992. The smallest absolute Gasteiger partial charge is 0.253 e. The van der Waals surface area contributed by atoms with E-state index < -0.39 is 0 Å². The summed E-state index contributed by atoms with van der Waals surface area (Å²) in [5.74, 6) is 2.15. The Labute approximate surface area is 159 Å². The molecule has 3 rings (SSSR count). The summed E-state index contributed by atoms with van der Waals surface area (Å²) in [7, 11) is 1.71. The maximum atomic E-state index is 12.7. The number of aliphatic hydroxyl groups is 1. The van der Waals surface area contributed by atoms with Gasteiger partial charge < -0.3 is 14.7 Å². The largest absolute Gasteiger partial charge is 0.496 e. The second-order valence-corrected chi connectivity index (χ2v) is 7.57. The summed E-state index contributed by atoms with van der Waals surface area (Å²) in [6.45, 7) is 1.69. The molecule has 138 valence electrons. The Balaban J connectivity index is 1.60. The summed E-state index contributed by atoms with van der Waals surface area (Å²) in [6.07, 6.45) is 1.91. The fourth-order valence-corrected chi connectivity index (χ4v) is 4.09. The maximum absolute atomic E-state index is 12.7. The molecule has 1 aliphatic rings. The van der Waals surface area contributed by atoms with E-state index in [9.17, 15) is 4.79 Å². The third-order valence-corrected chi connectivity index (χ3v) is 5.81. The van der Waals surface area contributed by atoms with Crippen molar-refractivity contribution in [2.75, 3.05) is 32.6 Å². The number of para-hydroxylation sites is 1. The number of rotatable bonds is 6. The van der Waals surface area contributed by atoms with Crippen molar-refractivity contribution in [1.82, 2.24) is 4.90 Å². The summed E-state index contributed by atoms with van der Waals surface area (Å²) in [5.41, 5.74) is 1.97. The standard InChI is InChI=1S/C21H25NO3S/c1-25-20-5-3-2-4-19(20)16-10-12-22(13-11-16)21(24)17-6-8-18(9-7-17)26-15-14-23/h2-9,16,23H,10-15H2,1H3. The first-order valence-electron chi connectivity index (χ1n) is 8.99. The summed E-state index contributed by atoms with van der Waals surface area (Å²) in [4.78, 5) is 15.8. The number of likely N-dealkylation sites (tertiary alicyclic amines) is 1. The van der Waals surface area contributed by atoms with E-state index in [4.69, 9.17) is 9.84 Å². The number of hydrogen-bond donors (Lipinski definition) is 1. The molecule has 2 aromatic carbocycles. The Bertz CT molecular complexity index is 724. The number of hydrogen-bond acceptors (Lipinski definition) is 4. The van der Waals surface area contributed by atoms with Crippen molar-refractivity contribution in [3.05, 3.63) is 59.7 Å². The third kappa shape index (κ3) is 4.40. The quantitative estimate of drug-likeness (QED) is 0.785.